The van der Waals surface area contributed by atoms with Gasteiger partial charge in [0.15, 0.2) is 5.78 Å². The standard InChI is InChI=1S/C13H21N3O2S/c1-4-6-7-16-13-9(12(18)15-3)10(14)11(19-13)8(17)5-2/h16H,4-7,14H2,1-3H3,(H,15,18). The van der Waals surface area contributed by atoms with E-state index in [1.807, 2.05) is 0 Å². The van der Waals surface area contributed by atoms with Crippen molar-refractivity contribution in [3.8, 4) is 0 Å². The number of nitrogens with two attached hydrogens (primary N) is 1. The van der Waals surface area contributed by atoms with Crippen LogP contribution in [-0.4, -0.2) is 25.3 Å². The van der Waals surface area contributed by atoms with Crippen molar-refractivity contribution in [1.29, 1.82) is 0 Å². The number of rotatable bonds is 7. The number of ketones is 1. The van der Waals surface area contributed by atoms with Gasteiger partial charge in [-0.25, -0.2) is 0 Å². The number of nitrogens with one attached hydrogen (secondary N) is 2. The van der Waals surface area contributed by atoms with E-state index in [9.17, 15) is 9.59 Å². The third-order valence-electron chi connectivity index (χ3n) is 2.79. The van der Waals surface area contributed by atoms with Crippen LogP contribution in [0.5, 0.6) is 0 Å². The average Bonchev–Trinajstić information content (AvgIpc) is 2.74. The number of Topliss-reactive ketones (excluding diaryl/α,β-unsaturated/α-hetero) is 1. The molecule has 0 aliphatic carbocycles. The second kappa shape index (κ2) is 7.13. The largest absolute Gasteiger partial charge is 0.397 e. The predicted octanol–water partition coefficient (Wildman–Crippen LogP) is 2.49. The van der Waals surface area contributed by atoms with Gasteiger partial charge in [-0.15, -0.1) is 11.3 Å². The van der Waals surface area contributed by atoms with Crippen LogP contribution >= 0.6 is 11.3 Å². The first-order valence-electron chi connectivity index (χ1n) is 6.48. The van der Waals surface area contributed by atoms with Gasteiger partial charge in [0.05, 0.1) is 16.1 Å². The van der Waals surface area contributed by atoms with Gasteiger partial charge in [0.1, 0.15) is 5.00 Å². The molecule has 0 aromatic carbocycles. The number of carbonyl (C=O) groups is 2. The SMILES string of the molecule is CCCCNc1sc(C(=O)CC)c(N)c1C(=O)NC. The Balaban J connectivity index is 3.12. The summed E-state index contributed by atoms with van der Waals surface area (Å²) in [5.41, 5.74) is 6.63. The molecule has 0 fully saturated rings. The fourth-order valence-corrected chi connectivity index (χ4v) is 2.82. The molecule has 4 N–H and O–H groups in total. The van der Waals surface area contributed by atoms with Crippen LogP contribution in [0.25, 0.3) is 0 Å². The number of carbonyl (C=O) groups excluding carboxylic acids is 2. The van der Waals surface area contributed by atoms with Gasteiger partial charge in [0.2, 0.25) is 0 Å². The van der Waals surface area contributed by atoms with Crippen molar-refractivity contribution in [3.63, 3.8) is 0 Å². The molecule has 0 saturated carbocycles. The summed E-state index contributed by atoms with van der Waals surface area (Å²) in [5.74, 6) is -0.293. The fourth-order valence-electron chi connectivity index (χ4n) is 1.67. The minimum absolute atomic E-state index is 0.0313. The number of unbranched alkanes of at least 4 members (excludes halogenated alkanes) is 1. The summed E-state index contributed by atoms with van der Waals surface area (Å²) in [7, 11) is 1.55. The topological polar surface area (TPSA) is 84.2 Å². The highest BCUT2D eigenvalue weighted by molar-refractivity contribution is 7.19. The molecule has 1 amide bonds. The summed E-state index contributed by atoms with van der Waals surface area (Å²) in [6, 6.07) is 0. The van der Waals surface area contributed by atoms with Gasteiger partial charge >= 0.3 is 0 Å². The Morgan fingerprint density at radius 2 is 2.00 bits per heavy atom. The molecular formula is C13H21N3O2S. The Kier molecular flexibility index (Phi) is 5.82. The maximum absolute atomic E-state index is 11.9. The van der Waals surface area contributed by atoms with E-state index >= 15 is 0 Å². The minimum atomic E-state index is -0.261. The molecule has 0 aliphatic heterocycles. The molecule has 0 bridgehead atoms. The van der Waals surface area contributed by atoms with Crippen molar-refractivity contribution in [2.45, 2.75) is 33.1 Å². The number of anilines is 2. The number of amides is 1. The molecule has 1 aromatic heterocycles. The molecule has 0 aliphatic rings. The second-order valence-electron chi connectivity index (χ2n) is 4.19. The zero-order chi connectivity index (χ0) is 14.4. The molecule has 19 heavy (non-hydrogen) atoms. The van der Waals surface area contributed by atoms with Gasteiger partial charge in [-0.2, -0.15) is 0 Å². The molecule has 1 rings (SSSR count). The highest BCUT2D eigenvalue weighted by Gasteiger charge is 2.23. The molecule has 1 aromatic rings. The van der Waals surface area contributed by atoms with E-state index in [2.05, 4.69) is 17.6 Å². The van der Waals surface area contributed by atoms with E-state index in [0.717, 1.165) is 19.4 Å². The lowest BCUT2D eigenvalue weighted by Crippen LogP contribution is -2.20. The first-order valence-corrected chi connectivity index (χ1v) is 7.29. The van der Waals surface area contributed by atoms with Gasteiger partial charge in [0, 0.05) is 20.0 Å². The molecule has 0 saturated heterocycles. The molecule has 6 heteroatoms. The smallest absolute Gasteiger partial charge is 0.256 e. The van der Waals surface area contributed by atoms with Crippen LogP contribution in [-0.2, 0) is 0 Å². The molecule has 106 valence electrons. The summed E-state index contributed by atoms with van der Waals surface area (Å²) in [6.45, 7) is 4.64. The number of thiophene rings is 1. The number of hydrogen-bond acceptors (Lipinski definition) is 5. The highest BCUT2D eigenvalue weighted by Crippen LogP contribution is 2.36. The maximum Gasteiger partial charge on any atom is 0.256 e. The van der Waals surface area contributed by atoms with E-state index in [4.69, 9.17) is 5.73 Å². The Morgan fingerprint density at radius 1 is 1.32 bits per heavy atom. The molecule has 0 atom stereocenters. The zero-order valence-corrected chi connectivity index (χ0v) is 12.4. The van der Waals surface area contributed by atoms with Crippen molar-refractivity contribution in [2.75, 3.05) is 24.6 Å². The number of nitrogen functional groups attached to an aromatic ring is 1. The molecule has 0 radical (unpaired) electrons. The summed E-state index contributed by atoms with van der Waals surface area (Å²) in [4.78, 5) is 24.2. The summed E-state index contributed by atoms with van der Waals surface area (Å²) in [6.07, 6.45) is 2.44. The first-order chi connectivity index (χ1) is 9.06. The Morgan fingerprint density at radius 3 is 2.53 bits per heavy atom. The van der Waals surface area contributed by atoms with Gasteiger partial charge in [-0.1, -0.05) is 20.3 Å². The van der Waals surface area contributed by atoms with E-state index in [1.54, 1.807) is 14.0 Å². The molecule has 0 unspecified atom stereocenters. The Labute approximate surface area is 117 Å². The molecule has 5 nitrogen and oxygen atoms in total. The van der Waals surface area contributed by atoms with Crippen LogP contribution in [0.2, 0.25) is 0 Å². The van der Waals surface area contributed by atoms with Crippen LogP contribution in [0.1, 0.15) is 53.1 Å². The zero-order valence-electron chi connectivity index (χ0n) is 11.6. The second-order valence-corrected chi connectivity index (χ2v) is 5.21. The third kappa shape index (κ3) is 3.47. The molecular weight excluding hydrogens is 262 g/mol. The monoisotopic (exact) mass is 283 g/mol. The maximum atomic E-state index is 11.9. The van der Waals surface area contributed by atoms with E-state index < -0.39 is 0 Å². The Hall–Kier alpha value is -1.56. The fraction of sp³-hybridized carbons (Fsp3) is 0.538. The van der Waals surface area contributed by atoms with Crippen molar-refractivity contribution in [2.24, 2.45) is 0 Å². The van der Waals surface area contributed by atoms with Crippen molar-refractivity contribution < 1.29 is 9.59 Å². The quantitative estimate of drug-likeness (QED) is 0.530. The van der Waals surface area contributed by atoms with Gasteiger partial charge < -0.3 is 16.4 Å². The summed E-state index contributed by atoms with van der Waals surface area (Å²) < 4.78 is 0. The first kappa shape index (κ1) is 15.5. The average molecular weight is 283 g/mol. The predicted molar refractivity (Wildman–Crippen MR) is 80.1 cm³/mol. The lowest BCUT2D eigenvalue weighted by Gasteiger charge is -2.06. The van der Waals surface area contributed by atoms with Crippen LogP contribution in [0.4, 0.5) is 10.7 Å². The van der Waals surface area contributed by atoms with E-state index in [0.29, 0.717) is 21.9 Å². The lowest BCUT2D eigenvalue weighted by molar-refractivity contribution is 0.0964. The van der Waals surface area contributed by atoms with Crippen LogP contribution in [0, 0.1) is 0 Å². The lowest BCUT2D eigenvalue weighted by atomic mass is 10.1. The molecule has 0 spiro atoms. The third-order valence-corrected chi connectivity index (χ3v) is 3.99. The van der Waals surface area contributed by atoms with Crippen molar-refractivity contribution in [1.82, 2.24) is 5.32 Å². The number of hydrogen-bond donors (Lipinski definition) is 3. The van der Waals surface area contributed by atoms with Gasteiger partial charge in [-0.3, -0.25) is 9.59 Å². The highest BCUT2D eigenvalue weighted by atomic mass is 32.1. The summed E-state index contributed by atoms with van der Waals surface area (Å²) >= 11 is 1.27. The van der Waals surface area contributed by atoms with Gasteiger partial charge in [0.25, 0.3) is 5.91 Å². The van der Waals surface area contributed by atoms with Crippen LogP contribution in [0.3, 0.4) is 0 Å². The van der Waals surface area contributed by atoms with E-state index in [-0.39, 0.29) is 17.4 Å². The normalized spacial score (nSPS) is 10.3. The molecule has 1 heterocycles. The minimum Gasteiger partial charge on any atom is -0.397 e. The van der Waals surface area contributed by atoms with E-state index in [1.165, 1.54) is 11.3 Å². The van der Waals surface area contributed by atoms with Gasteiger partial charge in [-0.05, 0) is 6.42 Å². The summed E-state index contributed by atoms with van der Waals surface area (Å²) in [5, 5.41) is 6.44. The van der Waals surface area contributed by atoms with Crippen molar-refractivity contribution in [3.05, 3.63) is 10.4 Å². The van der Waals surface area contributed by atoms with Crippen LogP contribution < -0.4 is 16.4 Å². The Bertz CT molecular complexity index is 469. The van der Waals surface area contributed by atoms with Crippen LogP contribution in [0.15, 0.2) is 0 Å². The van der Waals surface area contributed by atoms with Crippen molar-refractivity contribution >= 4 is 33.7 Å².